The Kier molecular flexibility index (Phi) is 5.05. The number of carboxylic acid groups (broad SMARTS) is 1. The summed E-state index contributed by atoms with van der Waals surface area (Å²) in [5.74, 6) is -1.21. The minimum atomic E-state index is -3.80. The van der Waals surface area contributed by atoms with E-state index in [-0.39, 0.29) is 22.3 Å². The average Bonchev–Trinajstić information content (AvgIpc) is 2.88. The summed E-state index contributed by atoms with van der Waals surface area (Å²) in [7, 11) is -1.08. The van der Waals surface area contributed by atoms with Crippen molar-refractivity contribution in [2.75, 3.05) is 20.6 Å². The molecule has 1 aliphatic rings. The molecule has 0 aliphatic carbocycles. The molecule has 8 nitrogen and oxygen atoms in total. The number of piperidine rings is 1. The Morgan fingerprint density at radius 3 is 2.54 bits per heavy atom. The van der Waals surface area contributed by atoms with Crippen molar-refractivity contribution in [3.63, 3.8) is 0 Å². The third-order valence-electron chi connectivity index (χ3n) is 4.27. The highest BCUT2D eigenvalue weighted by molar-refractivity contribution is 7.88. The maximum Gasteiger partial charge on any atom is 0.326 e. The number of carbonyl (C=O) groups excluding carboxylic acids is 1. The Labute approximate surface area is 141 Å². The summed E-state index contributed by atoms with van der Waals surface area (Å²) in [6, 6.07) is 0.258. The van der Waals surface area contributed by atoms with E-state index in [0.717, 1.165) is 4.31 Å². The first-order valence-electron chi connectivity index (χ1n) is 7.62. The van der Waals surface area contributed by atoms with Crippen LogP contribution in [0.3, 0.4) is 0 Å². The summed E-state index contributed by atoms with van der Waals surface area (Å²) < 4.78 is 30.5. The molecule has 0 saturated carbocycles. The van der Waals surface area contributed by atoms with E-state index in [1.54, 1.807) is 0 Å². The topological polar surface area (TPSA) is 108 Å². The molecule has 0 aromatic carbocycles. The van der Waals surface area contributed by atoms with Gasteiger partial charge in [-0.3, -0.25) is 4.79 Å². The lowest BCUT2D eigenvalue weighted by Gasteiger charge is -2.35. The van der Waals surface area contributed by atoms with Crippen LogP contribution in [0.25, 0.3) is 0 Å². The number of hydrogen-bond acceptors (Lipinski definition) is 5. The molecule has 2 unspecified atom stereocenters. The van der Waals surface area contributed by atoms with E-state index in [9.17, 15) is 23.1 Å². The van der Waals surface area contributed by atoms with Gasteiger partial charge in [0.25, 0.3) is 15.9 Å². The van der Waals surface area contributed by atoms with Crippen LogP contribution in [0.5, 0.6) is 0 Å². The fourth-order valence-electron chi connectivity index (χ4n) is 2.75. The van der Waals surface area contributed by atoms with Gasteiger partial charge in [-0.1, -0.05) is 6.92 Å². The number of sulfonamides is 1. The largest absolute Gasteiger partial charge is 0.480 e. The van der Waals surface area contributed by atoms with Crippen LogP contribution in [0, 0.1) is 12.8 Å². The minimum Gasteiger partial charge on any atom is -0.480 e. The monoisotopic (exact) mass is 358 g/mol. The molecule has 9 heteroatoms. The molecular weight excluding hydrogens is 336 g/mol. The van der Waals surface area contributed by atoms with Gasteiger partial charge in [0, 0.05) is 26.7 Å². The highest BCUT2D eigenvalue weighted by atomic mass is 32.2. The molecule has 1 aromatic rings. The first kappa shape index (κ1) is 18.5. The quantitative estimate of drug-likeness (QED) is 0.865. The van der Waals surface area contributed by atoms with Crippen LogP contribution < -0.4 is 0 Å². The molecule has 1 fully saturated rings. The van der Waals surface area contributed by atoms with Crippen molar-refractivity contribution in [2.45, 2.75) is 37.8 Å². The van der Waals surface area contributed by atoms with Gasteiger partial charge in [0.15, 0.2) is 0 Å². The molecule has 0 radical (unpaired) electrons. The van der Waals surface area contributed by atoms with Gasteiger partial charge >= 0.3 is 5.97 Å². The Morgan fingerprint density at radius 2 is 2.00 bits per heavy atom. The highest BCUT2D eigenvalue weighted by Crippen LogP contribution is 2.27. The average molecular weight is 358 g/mol. The Hall–Kier alpha value is -1.87. The molecule has 1 amide bonds. The predicted octanol–water partition coefficient (Wildman–Crippen LogP) is 1.16. The van der Waals surface area contributed by atoms with E-state index >= 15 is 0 Å². The minimum absolute atomic E-state index is 0.0798. The van der Waals surface area contributed by atoms with Gasteiger partial charge in [0.2, 0.25) is 5.09 Å². The van der Waals surface area contributed by atoms with Gasteiger partial charge in [-0.05, 0) is 25.7 Å². The number of amides is 1. The zero-order valence-corrected chi connectivity index (χ0v) is 15.0. The first-order chi connectivity index (χ1) is 11.1. The zero-order valence-electron chi connectivity index (χ0n) is 14.1. The van der Waals surface area contributed by atoms with Crippen LogP contribution in [-0.4, -0.2) is 61.3 Å². The van der Waals surface area contributed by atoms with Crippen LogP contribution in [-0.2, 0) is 14.8 Å². The van der Waals surface area contributed by atoms with Crippen molar-refractivity contribution in [3.05, 3.63) is 17.4 Å². The predicted molar refractivity (Wildman–Crippen MR) is 85.2 cm³/mol. The maximum atomic E-state index is 12.7. The molecule has 1 saturated heterocycles. The van der Waals surface area contributed by atoms with E-state index < -0.39 is 27.9 Å². The number of aryl methyl sites for hydroxylation is 1. The van der Waals surface area contributed by atoms with E-state index in [2.05, 4.69) is 0 Å². The number of nitrogens with zero attached hydrogens (tertiary/aromatic N) is 2. The second kappa shape index (κ2) is 6.56. The Balaban J connectivity index is 2.36. The summed E-state index contributed by atoms with van der Waals surface area (Å²) in [4.78, 5) is 25.5. The van der Waals surface area contributed by atoms with Crippen molar-refractivity contribution < 1.29 is 27.5 Å². The second-order valence-corrected chi connectivity index (χ2v) is 8.39. The Bertz CT molecular complexity index is 752. The standard InChI is InChI=1S/C15H22N2O6S/c1-9-5-6-17(12(7-9)15(19)20)14(18)11-8-13(23-10(11)2)24(21,22)16(3)4/h8-9,12H,5-7H2,1-4H3,(H,19,20). The Morgan fingerprint density at radius 1 is 1.38 bits per heavy atom. The van der Waals surface area contributed by atoms with Crippen molar-refractivity contribution in [1.29, 1.82) is 0 Å². The second-order valence-electron chi connectivity index (χ2n) is 6.30. The summed E-state index contributed by atoms with van der Waals surface area (Å²) in [5, 5.41) is 9.05. The van der Waals surface area contributed by atoms with E-state index in [4.69, 9.17) is 4.42 Å². The normalized spacial score (nSPS) is 22.0. The third-order valence-corrected chi connectivity index (χ3v) is 5.94. The molecule has 1 N–H and O–H groups in total. The molecule has 0 bridgehead atoms. The van der Waals surface area contributed by atoms with Gasteiger partial charge in [0.05, 0.1) is 5.56 Å². The first-order valence-corrected chi connectivity index (χ1v) is 9.06. The van der Waals surface area contributed by atoms with Crippen molar-refractivity contribution in [2.24, 2.45) is 5.92 Å². The van der Waals surface area contributed by atoms with Gasteiger partial charge in [0.1, 0.15) is 11.8 Å². The smallest absolute Gasteiger partial charge is 0.326 e. The van der Waals surface area contributed by atoms with Crippen LogP contribution in [0.1, 0.15) is 35.9 Å². The lowest BCUT2D eigenvalue weighted by molar-refractivity contribution is -0.144. The van der Waals surface area contributed by atoms with Crippen LogP contribution in [0.4, 0.5) is 0 Å². The number of likely N-dealkylation sites (tertiary alicyclic amines) is 1. The third kappa shape index (κ3) is 3.32. The summed E-state index contributed by atoms with van der Waals surface area (Å²) in [6.45, 7) is 3.75. The molecular formula is C15H22N2O6S. The fourth-order valence-corrected chi connectivity index (χ4v) is 3.60. The van der Waals surface area contributed by atoms with Gasteiger partial charge in [-0.2, -0.15) is 0 Å². The van der Waals surface area contributed by atoms with Crippen LogP contribution in [0.2, 0.25) is 0 Å². The van der Waals surface area contributed by atoms with Crippen molar-refractivity contribution >= 4 is 21.9 Å². The molecule has 1 aromatic heterocycles. The number of carbonyl (C=O) groups is 2. The van der Waals surface area contributed by atoms with Crippen LogP contribution in [0.15, 0.2) is 15.6 Å². The molecule has 2 heterocycles. The molecule has 24 heavy (non-hydrogen) atoms. The molecule has 2 rings (SSSR count). The summed E-state index contributed by atoms with van der Waals surface area (Å²) in [6.07, 6.45) is 1.08. The zero-order chi connectivity index (χ0) is 18.2. The van der Waals surface area contributed by atoms with Gasteiger partial charge < -0.3 is 14.4 Å². The molecule has 0 spiro atoms. The lowest BCUT2D eigenvalue weighted by atomic mass is 9.92. The van der Waals surface area contributed by atoms with E-state index in [1.165, 1.54) is 32.0 Å². The van der Waals surface area contributed by atoms with Crippen LogP contribution >= 0.6 is 0 Å². The summed E-state index contributed by atoms with van der Waals surface area (Å²) >= 11 is 0. The van der Waals surface area contributed by atoms with Gasteiger partial charge in [-0.15, -0.1) is 0 Å². The van der Waals surface area contributed by atoms with Crippen molar-refractivity contribution in [3.8, 4) is 0 Å². The highest BCUT2D eigenvalue weighted by Gasteiger charge is 2.37. The van der Waals surface area contributed by atoms with Crippen molar-refractivity contribution in [1.82, 2.24) is 9.21 Å². The van der Waals surface area contributed by atoms with E-state index in [1.807, 2.05) is 6.92 Å². The maximum absolute atomic E-state index is 12.7. The summed E-state index contributed by atoms with van der Waals surface area (Å²) in [5.41, 5.74) is 0.0798. The SMILES string of the molecule is Cc1oc(S(=O)(=O)N(C)C)cc1C(=O)N1CCC(C)CC1C(=O)O. The molecule has 2 atom stereocenters. The number of furan rings is 1. The fraction of sp³-hybridized carbons (Fsp3) is 0.600. The molecule has 1 aliphatic heterocycles. The molecule has 134 valence electrons. The number of rotatable bonds is 4. The van der Waals surface area contributed by atoms with E-state index in [0.29, 0.717) is 19.4 Å². The number of carboxylic acids is 1. The number of aliphatic carboxylic acids is 1. The van der Waals surface area contributed by atoms with Gasteiger partial charge in [-0.25, -0.2) is 17.5 Å². The number of hydrogen-bond donors (Lipinski definition) is 1. The lowest BCUT2D eigenvalue weighted by Crippen LogP contribution is -2.49.